The predicted octanol–water partition coefficient (Wildman–Crippen LogP) is 4.15. The molecule has 2 aromatic rings. The van der Waals surface area contributed by atoms with Crippen molar-refractivity contribution in [3.8, 4) is 11.4 Å². The van der Waals surface area contributed by atoms with Crippen molar-refractivity contribution in [3.05, 3.63) is 39.8 Å². The summed E-state index contributed by atoms with van der Waals surface area (Å²) in [4.78, 5) is 12.9. The highest BCUT2D eigenvalue weighted by Gasteiger charge is 2.08. The lowest BCUT2D eigenvalue weighted by Crippen LogP contribution is -2.00. The van der Waals surface area contributed by atoms with Crippen LogP contribution in [-0.4, -0.2) is 15.0 Å². The van der Waals surface area contributed by atoms with Gasteiger partial charge in [0, 0.05) is 28.1 Å². The number of aromatic nitrogens is 3. The molecular weight excluding hydrogens is 314 g/mol. The minimum Gasteiger partial charge on any atom is -0.263 e. The summed E-state index contributed by atoms with van der Waals surface area (Å²) < 4.78 is 0.897. The van der Waals surface area contributed by atoms with Gasteiger partial charge in [0.2, 0.25) is 0 Å². The van der Waals surface area contributed by atoms with Crippen molar-refractivity contribution in [2.24, 2.45) is 5.92 Å². The van der Waals surface area contributed by atoms with E-state index in [9.17, 15) is 0 Å². The Bertz CT molecular complexity index is 558. The van der Waals surface area contributed by atoms with Crippen molar-refractivity contribution < 1.29 is 0 Å². The molecule has 0 aliphatic rings. The number of hydrogen-bond acceptors (Lipinski definition) is 3. The largest absolute Gasteiger partial charge is 0.263 e. The van der Waals surface area contributed by atoms with Gasteiger partial charge in [-0.15, -0.1) is 0 Å². The molecular formula is C13H13BrClN3. The molecule has 94 valence electrons. The Hall–Kier alpha value is -1.00. The van der Waals surface area contributed by atoms with E-state index in [4.69, 9.17) is 11.6 Å². The molecule has 0 aliphatic heterocycles. The summed E-state index contributed by atoms with van der Waals surface area (Å²) in [6.45, 7) is 4.30. The molecule has 0 radical (unpaired) electrons. The summed E-state index contributed by atoms with van der Waals surface area (Å²) in [7, 11) is 0. The van der Waals surface area contributed by atoms with Gasteiger partial charge < -0.3 is 0 Å². The summed E-state index contributed by atoms with van der Waals surface area (Å²) in [6.07, 6.45) is 4.34. The number of rotatable bonds is 3. The van der Waals surface area contributed by atoms with Crippen LogP contribution in [0.25, 0.3) is 11.4 Å². The zero-order chi connectivity index (χ0) is 13.1. The molecule has 0 spiro atoms. The van der Waals surface area contributed by atoms with E-state index in [2.05, 4.69) is 44.7 Å². The number of halogens is 2. The second-order valence-electron chi connectivity index (χ2n) is 4.50. The van der Waals surface area contributed by atoms with Crippen molar-refractivity contribution in [1.29, 1.82) is 0 Å². The van der Waals surface area contributed by atoms with E-state index in [1.165, 1.54) is 0 Å². The Balaban J connectivity index is 2.41. The maximum atomic E-state index is 6.04. The van der Waals surface area contributed by atoms with Gasteiger partial charge in [-0.1, -0.05) is 25.4 Å². The van der Waals surface area contributed by atoms with Gasteiger partial charge in [0.25, 0.3) is 0 Å². The highest BCUT2D eigenvalue weighted by molar-refractivity contribution is 9.10. The van der Waals surface area contributed by atoms with Gasteiger partial charge in [0.15, 0.2) is 5.82 Å². The molecule has 0 unspecified atom stereocenters. The van der Waals surface area contributed by atoms with E-state index in [1.807, 2.05) is 12.1 Å². The first kappa shape index (κ1) is 13.4. The molecule has 0 N–H and O–H groups in total. The summed E-state index contributed by atoms with van der Waals surface area (Å²) in [5.74, 6) is 1.15. The van der Waals surface area contributed by atoms with Gasteiger partial charge >= 0.3 is 0 Å². The summed E-state index contributed by atoms with van der Waals surface area (Å²) in [5.41, 5.74) is 1.82. The molecule has 2 rings (SSSR count). The Morgan fingerprint density at radius 3 is 2.67 bits per heavy atom. The molecule has 2 aromatic heterocycles. The number of pyridine rings is 1. The number of nitrogens with zero attached hydrogens (tertiary/aromatic N) is 3. The van der Waals surface area contributed by atoms with Crippen molar-refractivity contribution in [2.45, 2.75) is 20.3 Å². The minimum absolute atomic E-state index is 0.468. The van der Waals surface area contributed by atoms with Crippen LogP contribution in [-0.2, 0) is 6.42 Å². The third kappa shape index (κ3) is 3.50. The van der Waals surface area contributed by atoms with E-state index in [-0.39, 0.29) is 0 Å². The summed E-state index contributed by atoms with van der Waals surface area (Å²) in [6, 6.07) is 3.74. The molecule has 0 saturated carbocycles. The van der Waals surface area contributed by atoms with Crippen molar-refractivity contribution in [3.63, 3.8) is 0 Å². The molecule has 0 fully saturated rings. The molecule has 0 aliphatic carbocycles. The fourth-order valence-corrected chi connectivity index (χ4v) is 2.22. The van der Waals surface area contributed by atoms with Crippen LogP contribution in [0.5, 0.6) is 0 Å². The molecule has 0 aromatic carbocycles. The van der Waals surface area contributed by atoms with Crippen molar-refractivity contribution >= 4 is 27.5 Å². The summed E-state index contributed by atoms with van der Waals surface area (Å²) >= 11 is 9.43. The van der Waals surface area contributed by atoms with Crippen LogP contribution in [0.1, 0.15) is 19.5 Å². The van der Waals surface area contributed by atoms with Crippen LogP contribution < -0.4 is 0 Å². The van der Waals surface area contributed by atoms with Crippen LogP contribution in [0.4, 0.5) is 0 Å². The van der Waals surface area contributed by atoms with Crippen molar-refractivity contribution in [2.75, 3.05) is 0 Å². The third-order valence-corrected chi connectivity index (χ3v) is 2.96. The zero-order valence-corrected chi connectivity index (χ0v) is 12.5. The van der Waals surface area contributed by atoms with E-state index in [0.29, 0.717) is 16.9 Å². The Labute approximate surface area is 120 Å². The van der Waals surface area contributed by atoms with Gasteiger partial charge in [-0.05, 0) is 40.4 Å². The fraction of sp³-hybridized carbons (Fsp3) is 0.308. The van der Waals surface area contributed by atoms with Crippen LogP contribution in [0.3, 0.4) is 0 Å². The summed E-state index contributed by atoms with van der Waals surface area (Å²) in [5, 5.41) is 0.468. The minimum atomic E-state index is 0.468. The first-order valence-electron chi connectivity index (χ1n) is 5.69. The molecule has 3 nitrogen and oxygen atoms in total. The second-order valence-corrected chi connectivity index (χ2v) is 5.80. The normalized spacial score (nSPS) is 10.9. The van der Waals surface area contributed by atoms with E-state index >= 15 is 0 Å². The van der Waals surface area contributed by atoms with E-state index in [0.717, 1.165) is 22.2 Å². The first-order valence-corrected chi connectivity index (χ1v) is 6.86. The average Bonchev–Trinajstić information content (AvgIpc) is 2.27. The SMILES string of the molecule is CC(C)Cc1cc(Cl)nc(-c2cncc(Br)c2)n1. The predicted molar refractivity (Wildman–Crippen MR) is 76.5 cm³/mol. The highest BCUT2D eigenvalue weighted by Crippen LogP contribution is 2.21. The van der Waals surface area contributed by atoms with Gasteiger partial charge in [-0.3, -0.25) is 4.98 Å². The third-order valence-electron chi connectivity index (χ3n) is 2.33. The zero-order valence-electron chi connectivity index (χ0n) is 10.2. The molecule has 0 atom stereocenters. The lowest BCUT2D eigenvalue weighted by molar-refractivity contribution is 0.634. The molecule has 18 heavy (non-hydrogen) atoms. The topological polar surface area (TPSA) is 38.7 Å². The fourth-order valence-electron chi connectivity index (χ4n) is 1.65. The highest BCUT2D eigenvalue weighted by atomic mass is 79.9. The van der Waals surface area contributed by atoms with Crippen molar-refractivity contribution in [1.82, 2.24) is 15.0 Å². The monoisotopic (exact) mass is 325 g/mol. The first-order chi connectivity index (χ1) is 8.54. The van der Waals surface area contributed by atoms with Gasteiger partial charge in [-0.25, -0.2) is 9.97 Å². The van der Waals surface area contributed by atoms with Crippen LogP contribution in [0.15, 0.2) is 29.0 Å². The lowest BCUT2D eigenvalue weighted by atomic mass is 10.1. The number of hydrogen-bond donors (Lipinski definition) is 0. The standard InChI is InChI=1S/C13H13BrClN3/c1-8(2)3-11-5-12(15)18-13(17-11)9-4-10(14)7-16-6-9/h4-8H,3H2,1-2H3. The van der Waals surface area contributed by atoms with Gasteiger partial charge in [0.1, 0.15) is 5.15 Å². The molecule has 0 amide bonds. The lowest BCUT2D eigenvalue weighted by Gasteiger charge is -2.07. The van der Waals surface area contributed by atoms with Crippen LogP contribution in [0, 0.1) is 5.92 Å². The van der Waals surface area contributed by atoms with Gasteiger partial charge in [0.05, 0.1) is 0 Å². The quantitative estimate of drug-likeness (QED) is 0.795. The van der Waals surface area contributed by atoms with Crippen LogP contribution in [0.2, 0.25) is 5.15 Å². The second kappa shape index (κ2) is 5.76. The molecule has 2 heterocycles. The average molecular weight is 327 g/mol. The smallest absolute Gasteiger partial charge is 0.162 e. The molecule has 5 heteroatoms. The maximum Gasteiger partial charge on any atom is 0.162 e. The maximum absolute atomic E-state index is 6.04. The van der Waals surface area contributed by atoms with Gasteiger partial charge in [-0.2, -0.15) is 0 Å². The van der Waals surface area contributed by atoms with E-state index in [1.54, 1.807) is 12.4 Å². The molecule has 0 saturated heterocycles. The Morgan fingerprint density at radius 1 is 1.22 bits per heavy atom. The van der Waals surface area contributed by atoms with E-state index < -0.39 is 0 Å². The Kier molecular flexibility index (Phi) is 4.30. The Morgan fingerprint density at radius 2 is 2.00 bits per heavy atom. The van der Waals surface area contributed by atoms with Crippen LogP contribution >= 0.6 is 27.5 Å². The molecule has 0 bridgehead atoms.